The van der Waals surface area contributed by atoms with Gasteiger partial charge in [-0.05, 0) is 80.0 Å². The number of anilines is 1. The van der Waals surface area contributed by atoms with Gasteiger partial charge >= 0.3 is 0 Å². The predicted octanol–water partition coefficient (Wildman–Crippen LogP) is 10.1. The Morgan fingerprint density at radius 3 is 2.48 bits per heavy atom. The standard InChI is InChI=1S/C37H46N3S2/c1-3-5-11-27-39-31-15-7-9-17-33(31)41-35(39)23-21-29-19-20-30(37(29)38-25-13-14-26-38)22-24-36-40(28-12-6-4-2)32-16-8-10-18-34(32)42-36/h7-10,15-18,21-24H,3-6,11-14,19-20,25-28H2,1-2H3/q+1. The lowest BCUT2D eigenvalue weighted by Gasteiger charge is -2.22. The van der Waals surface area contributed by atoms with Gasteiger partial charge in [-0.15, -0.1) is 0 Å². The molecule has 3 aromatic rings. The van der Waals surface area contributed by atoms with Gasteiger partial charge in [0.25, 0.3) is 5.01 Å². The van der Waals surface area contributed by atoms with E-state index in [-0.39, 0.29) is 0 Å². The van der Waals surface area contributed by atoms with Crippen molar-refractivity contribution in [2.45, 2.75) is 89.5 Å². The largest absolute Gasteiger partial charge is 0.371 e. The first-order valence-electron chi connectivity index (χ1n) is 16.3. The number of hydrogen-bond acceptors (Lipinski definition) is 4. The highest BCUT2D eigenvalue weighted by atomic mass is 32.2. The van der Waals surface area contributed by atoms with Crippen molar-refractivity contribution in [3.05, 3.63) is 93.6 Å². The molecule has 1 aromatic heterocycles. The molecular formula is C37H46N3S2+. The predicted molar refractivity (Wildman–Crippen MR) is 183 cm³/mol. The van der Waals surface area contributed by atoms with Crippen molar-refractivity contribution in [1.29, 1.82) is 0 Å². The Morgan fingerprint density at radius 2 is 1.62 bits per heavy atom. The summed E-state index contributed by atoms with van der Waals surface area (Å²) in [6.45, 7) is 9.15. The van der Waals surface area contributed by atoms with E-state index in [9.17, 15) is 0 Å². The number of benzene rings is 2. The van der Waals surface area contributed by atoms with E-state index in [2.05, 4.69) is 101 Å². The number of aromatic nitrogens is 1. The van der Waals surface area contributed by atoms with Crippen LogP contribution in [-0.2, 0) is 6.54 Å². The van der Waals surface area contributed by atoms with Gasteiger partial charge in [-0.1, -0.05) is 86.6 Å². The molecule has 0 saturated carbocycles. The number of thioether (sulfide) groups is 1. The summed E-state index contributed by atoms with van der Waals surface area (Å²) in [5.74, 6) is 0. The van der Waals surface area contributed by atoms with E-state index in [0.29, 0.717) is 0 Å². The Hall–Kier alpha value is -2.76. The van der Waals surface area contributed by atoms with Crippen LogP contribution in [0.15, 0.2) is 93.5 Å². The summed E-state index contributed by atoms with van der Waals surface area (Å²) in [6.07, 6.45) is 22.2. The summed E-state index contributed by atoms with van der Waals surface area (Å²) >= 11 is 3.87. The van der Waals surface area contributed by atoms with Crippen LogP contribution < -0.4 is 9.47 Å². The van der Waals surface area contributed by atoms with E-state index in [1.54, 1.807) is 0 Å². The zero-order valence-corrected chi connectivity index (χ0v) is 27.1. The van der Waals surface area contributed by atoms with Crippen LogP contribution in [-0.4, -0.2) is 24.5 Å². The lowest BCUT2D eigenvalue weighted by molar-refractivity contribution is -0.669. The highest BCUT2D eigenvalue weighted by Gasteiger charge is 2.27. The van der Waals surface area contributed by atoms with Crippen molar-refractivity contribution in [3.63, 3.8) is 0 Å². The molecule has 0 atom stereocenters. The summed E-state index contributed by atoms with van der Waals surface area (Å²) in [7, 11) is 0. The number of thiazole rings is 1. The van der Waals surface area contributed by atoms with E-state index in [0.717, 1.165) is 25.9 Å². The second kappa shape index (κ2) is 14.1. The molecule has 3 aliphatic rings. The summed E-state index contributed by atoms with van der Waals surface area (Å²) in [5.41, 5.74) is 7.30. The number of aryl methyl sites for hydroxylation is 1. The minimum absolute atomic E-state index is 1.10. The Bertz CT molecular complexity index is 1500. The third-order valence-corrected chi connectivity index (χ3v) is 11.1. The molecule has 0 N–H and O–H groups in total. The normalized spacial score (nSPS) is 19.1. The molecule has 0 amide bonds. The Labute approximate surface area is 261 Å². The highest BCUT2D eigenvalue weighted by molar-refractivity contribution is 8.03. The van der Waals surface area contributed by atoms with Crippen LogP contribution in [0.3, 0.4) is 0 Å². The topological polar surface area (TPSA) is 10.4 Å². The number of rotatable bonds is 12. The van der Waals surface area contributed by atoms with Gasteiger partial charge in [0.2, 0.25) is 5.52 Å². The number of para-hydroxylation sites is 2. The second-order valence-electron chi connectivity index (χ2n) is 11.8. The number of unbranched alkanes of at least 4 members (excludes halogenated alkanes) is 4. The van der Waals surface area contributed by atoms with Crippen LogP contribution >= 0.6 is 23.1 Å². The van der Waals surface area contributed by atoms with Gasteiger partial charge in [-0.2, -0.15) is 4.57 Å². The number of allylic oxidation sites excluding steroid dienone is 5. The van der Waals surface area contributed by atoms with Crippen molar-refractivity contribution in [2.75, 3.05) is 24.5 Å². The first kappa shape index (κ1) is 29.3. The summed E-state index contributed by atoms with van der Waals surface area (Å²) in [4.78, 5) is 6.62. The number of fused-ring (bicyclic) bond motifs is 2. The maximum absolute atomic E-state index is 2.67. The highest BCUT2D eigenvalue weighted by Crippen LogP contribution is 2.46. The minimum atomic E-state index is 1.10. The molecule has 3 nitrogen and oxygen atoms in total. The summed E-state index contributed by atoms with van der Waals surface area (Å²) < 4.78 is 3.94. The lowest BCUT2D eigenvalue weighted by atomic mass is 10.1. The van der Waals surface area contributed by atoms with Crippen molar-refractivity contribution >= 4 is 45.1 Å². The van der Waals surface area contributed by atoms with Gasteiger partial charge in [0.15, 0.2) is 6.54 Å². The minimum Gasteiger partial charge on any atom is -0.371 e. The third kappa shape index (κ3) is 6.43. The monoisotopic (exact) mass is 596 g/mol. The second-order valence-corrected chi connectivity index (χ2v) is 13.9. The van der Waals surface area contributed by atoms with Gasteiger partial charge in [0.05, 0.1) is 10.7 Å². The van der Waals surface area contributed by atoms with E-state index < -0.39 is 0 Å². The molecular weight excluding hydrogens is 551 g/mol. The molecule has 1 fully saturated rings. The van der Waals surface area contributed by atoms with Crippen LogP contribution in [0, 0.1) is 0 Å². The Morgan fingerprint density at radius 1 is 0.833 bits per heavy atom. The number of nitrogens with zero attached hydrogens (tertiary/aromatic N) is 3. The Kier molecular flexibility index (Phi) is 9.87. The van der Waals surface area contributed by atoms with Crippen molar-refractivity contribution in [1.82, 2.24) is 4.90 Å². The van der Waals surface area contributed by atoms with Gasteiger partial charge in [-0.25, -0.2) is 0 Å². The van der Waals surface area contributed by atoms with E-state index in [4.69, 9.17) is 0 Å². The number of likely N-dealkylation sites (tertiary alicyclic amines) is 1. The molecule has 1 aliphatic carbocycles. The van der Waals surface area contributed by atoms with Gasteiger partial charge < -0.3 is 9.80 Å². The molecule has 0 bridgehead atoms. The van der Waals surface area contributed by atoms with Crippen LogP contribution in [0.1, 0.15) is 83.1 Å². The summed E-state index contributed by atoms with van der Waals surface area (Å²) in [6, 6.07) is 17.8. The van der Waals surface area contributed by atoms with E-state index in [1.807, 2.05) is 23.1 Å². The third-order valence-electron chi connectivity index (χ3n) is 8.79. The fourth-order valence-corrected chi connectivity index (χ4v) is 8.76. The van der Waals surface area contributed by atoms with Gasteiger partial charge in [0.1, 0.15) is 4.70 Å². The molecule has 220 valence electrons. The van der Waals surface area contributed by atoms with Gasteiger partial charge in [-0.3, -0.25) is 0 Å². The number of hydrogen-bond donors (Lipinski definition) is 0. The molecule has 1 saturated heterocycles. The lowest BCUT2D eigenvalue weighted by Crippen LogP contribution is -2.35. The average Bonchev–Trinajstić information content (AvgIpc) is 3.81. The molecule has 6 rings (SSSR count). The average molecular weight is 597 g/mol. The molecule has 5 heteroatoms. The smallest absolute Gasteiger partial charge is 0.262 e. The van der Waals surface area contributed by atoms with Crippen LogP contribution in [0.25, 0.3) is 16.3 Å². The van der Waals surface area contributed by atoms with Crippen LogP contribution in [0.4, 0.5) is 5.69 Å². The first-order chi connectivity index (χ1) is 20.8. The first-order valence-corrected chi connectivity index (χ1v) is 17.9. The van der Waals surface area contributed by atoms with Crippen molar-refractivity contribution in [3.8, 4) is 0 Å². The zero-order valence-electron chi connectivity index (χ0n) is 25.5. The molecule has 2 aliphatic heterocycles. The molecule has 0 radical (unpaired) electrons. The fraction of sp³-hybridized carbons (Fsp3) is 0.432. The van der Waals surface area contributed by atoms with Crippen molar-refractivity contribution < 1.29 is 4.57 Å². The molecule has 2 aromatic carbocycles. The maximum atomic E-state index is 2.67. The van der Waals surface area contributed by atoms with Crippen molar-refractivity contribution in [2.24, 2.45) is 0 Å². The molecule has 3 heterocycles. The molecule has 0 unspecified atom stereocenters. The van der Waals surface area contributed by atoms with E-state index in [1.165, 1.54) is 112 Å². The molecule has 0 spiro atoms. The summed E-state index contributed by atoms with van der Waals surface area (Å²) in [5, 5.41) is 2.76. The molecule has 42 heavy (non-hydrogen) atoms. The SMILES string of the molecule is CCCCCN1/C(=C/C=C2CCC(/C=C/c3sc4ccccc4[n+]3CCCCC)=C2N2CCCC2)Sc2ccccc21. The quantitative estimate of drug-likeness (QED) is 0.152. The van der Waals surface area contributed by atoms with Crippen LogP contribution in [0.5, 0.6) is 0 Å². The Balaban J connectivity index is 1.30. The maximum Gasteiger partial charge on any atom is 0.262 e. The van der Waals surface area contributed by atoms with Gasteiger partial charge in [0, 0.05) is 48.8 Å². The van der Waals surface area contributed by atoms with E-state index >= 15 is 0 Å². The zero-order chi connectivity index (χ0) is 28.7. The fourth-order valence-electron chi connectivity index (χ4n) is 6.58. The van der Waals surface area contributed by atoms with Crippen LogP contribution in [0.2, 0.25) is 0 Å².